The maximum atomic E-state index is 10.9. The Morgan fingerprint density at radius 1 is 1.45 bits per heavy atom. The number of ether oxygens (including phenoxy) is 1. The van der Waals surface area contributed by atoms with Crippen LogP contribution in [0.2, 0.25) is 0 Å². The minimum atomic E-state index is -0.0823. The maximum Gasteiger partial charge on any atom is 0.308 e. The van der Waals surface area contributed by atoms with Gasteiger partial charge in [-0.25, -0.2) is 0 Å². The third kappa shape index (κ3) is 4.82. The zero-order chi connectivity index (χ0) is 8.69. The van der Waals surface area contributed by atoms with Gasteiger partial charge in [-0.05, 0) is 6.42 Å². The molecule has 0 bridgehead atoms. The van der Waals surface area contributed by atoms with Gasteiger partial charge < -0.3 is 4.74 Å². The Bertz CT molecular complexity index is 110. The predicted molar refractivity (Wildman–Crippen MR) is 45.3 cm³/mol. The van der Waals surface area contributed by atoms with Crippen LogP contribution in [0.15, 0.2) is 0 Å². The van der Waals surface area contributed by atoms with Gasteiger partial charge >= 0.3 is 5.97 Å². The van der Waals surface area contributed by atoms with E-state index in [1.807, 2.05) is 6.92 Å². The van der Waals surface area contributed by atoms with Crippen LogP contribution in [0, 0.1) is 5.92 Å². The first-order valence-electron chi connectivity index (χ1n) is 4.30. The van der Waals surface area contributed by atoms with E-state index >= 15 is 0 Å². The molecule has 66 valence electrons. The molecular formula is C9H18O2. The molecule has 0 aliphatic rings. The quantitative estimate of drug-likeness (QED) is 0.453. The lowest BCUT2D eigenvalue weighted by molar-refractivity contribution is -0.145. The summed E-state index contributed by atoms with van der Waals surface area (Å²) in [6.07, 6.45) is 4.50. The maximum absolute atomic E-state index is 10.9. The Kier molecular flexibility index (Phi) is 5.90. The largest absolute Gasteiger partial charge is 0.469 e. The summed E-state index contributed by atoms with van der Waals surface area (Å²) in [7, 11) is 1.44. The van der Waals surface area contributed by atoms with E-state index in [4.69, 9.17) is 0 Å². The molecule has 0 saturated carbocycles. The van der Waals surface area contributed by atoms with Crippen molar-refractivity contribution in [2.24, 2.45) is 5.92 Å². The van der Waals surface area contributed by atoms with Crippen molar-refractivity contribution >= 4 is 5.97 Å². The van der Waals surface area contributed by atoms with Gasteiger partial charge in [0.05, 0.1) is 13.0 Å². The number of unbranched alkanes of at least 4 members (excludes halogenated alkanes) is 2. The molecule has 0 aliphatic heterocycles. The summed E-state index contributed by atoms with van der Waals surface area (Å²) in [5, 5.41) is 0. The summed E-state index contributed by atoms with van der Waals surface area (Å²) in [5.41, 5.74) is 0. The third-order valence-corrected chi connectivity index (χ3v) is 1.84. The van der Waals surface area contributed by atoms with E-state index in [-0.39, 0.29) is 11.9 Å². The third-order valence-electron chi connectivity index (χ3n) is 1.84. The fourth-order valence-corrected chi connectivity index (χ4v) is 1.02. The number of rotatable bonds is 5. The molecule has 0 N–H and O–H groups in total. The lowest BCUT2D eigenvalue weighted by Gasteiger charge is -2.07. The van der Waals surface area contributed by atoms with Crippen molar-refractivity contribution in [2.45, 2.75) is 39.5 Å². The van der Waals surface area contributed by atoms with Gasteiger partial charge in [-0.1, -0.05) is 33.1 Å². The Morgan fingerprint density at radius 2 is 2.09 bits per heavy atom. The Morgan fingerprint density at radius 3 is 2.55 bits per heavy atom. The molecule has 2 heteroatoms. The van der Waals surface area contributed by atoms with Crippen molar-refractivity contribution < 1.29 is 9.53 Å². The number of carbonyl (C=O) groups is 1. The van der Waals surface area contributed by atoms with Gasteiger partial charge in [-0.15, -0.1) is 0 Å². The molecule has 11 heavy (non-hydrogen) atoms. The molecule has 0 spiro atoms. The number of hydrogen-bond acceptors (Lipinski definition) is 2. The second-order valence-electron chi connectivity index (χ2n) is 2.92. The van der Waals surface area contributed by atoms with Crippen LogP contribution in [-0.2, 0) is 9.53 Å². The Hall–Kier alpha value is -0.530. The summed E-state index contributed by atoms with van der Waals surface area (Å²) < 4.78 is 4.60. The highest BCUT2D eigenvalue weighted by Gasteiger charge is 2.11. The van der Waals surface area contributed by atoms with Gasteiger partial charge in [0.15, 0.2) is 0 Å². The van der Waals surface area contributed by atoms with E-state index in [1.54, 1.807) is 0 Å². The van der Waals surface area contributed by atoms with Crippen molar-refractivity contribution in [1.82, 2.24) is 0 Å². The molecule has 0 rings (SSSR count). The highest BCUT2D eigenvalue weighted by Crippen LogP contribution is 2.09. The lowest BCUT2D eigenvalue weighted by Crippen LogP contribution is -2.12. The van der Waals surface area contributed by atoms with E-state index in [2.05, 4.69) is 11.7 Å². The fraction of sp³-hybridized carbons (Fsp3) is 0.889. The number of hydrogen-bond donors (Lipinski definition) is 0. The summed E-state index contributed by atoms with van der Waals surface area (Å²) in [4.78, 5) is 10.9. The highest BCUT2D eigenvalue weighted by molar-refractivity contribution is 5.71. The topological polar surface area (TPSA) is 26.3 Å². The molecule has 0 amide bonds. The van der Waals surface area contributed by atoms with Crippen LogP contribution in [0.25, 0.3) is 0 Å². The normalized spacial score (nSPS) is 12.6. The molecule has 0 radical (unpaired) electrons. The van der Waals surface area contributed by atoms with Gasteiger partial charge in [0.1, 0.15) is 0 Å². The van der Waals surface area contributed by atoms with Crippen molar-refractivity contribution in [3.05, 3.63) is 0 Å². The second-order valence-corrected chi connectivity index (χ2v) is 2.92. The number of carbonyl (C=O) groups excluding carboxylic acids is 1. The van der Waals surface area contributed by atoms with Gasteiger partial charge in [0, 0.05) is 0 Å². The first kappa shape index (κ1) is 10.5. The van der Waals surface area contributed by atoms with Gasteiger partial charge in [0.2, 0.25) is 0 Å². The summed E-state index contributed by atoms with van der Waals surface area (Å²) in [6.45, 7) is 4.07. The lowest BCUT2D eigenvalue weighted by atomic mass is 10.0. The van der Waals surface area contributed by atoms with Crippen LogP contribution < -0.4 is 0 Å². The van der Waals surface area contributed by atoms with Crippen LogP contribution in [0.5, 0.6) is 0 Å². The number of esters is 1. The van der Waals surface area contributed by atoms with Crippen molar-refractivity contribution in [3.63, 3.8) is 0 Å². The van der Waals surface area contributed by atoms with Crippen LogP contribution in [-0.4, -0.2) is 13.1 Å². The smallest absolute Gasteiger partial charge is 0.308 e. The molecular weight excluding hydrogens is 140 g/mol. The van der Waals surface area contributed by atoms with Gasteiger partial charge in [-0.3, -0.25) is 4.79 Å². The summed E-state index contributed by atoms with van der Waals surface area (Å²) >= 11 is 0. The average Bonchev–Trinajstić information content (AvgIpc) is 2.03. The Balaban J connectivity index is 3.36. The fourth-order valence-electron chi connectivity index (χ4n) is 1.02. The van der Waals surface area contributed by atoms with E-state index in [0.717, 1.165) is 12.8 Å². The van der Waals surface area contributed by atoms with Crippen LogP contribution in [0.1, 0.15) is 39.5 Å². The monoisotopic (exact) mass is 158 g/mol. The molecule has 0 aromatic carbocycles. The first-order chi connectivity index (χ1) is 5.22. The predicted octanol–water partition coefficient (Wildman–Crippen LogP) is 2.38. The van der Waals surface area contributed by atoms with E-state index in [0.29, 0.717) is 0 Å². The van der Waals surface area contributed by atoms with Crippen molar-refractivity contribution in [2.75, 3.05) is 7.11 Å². The van der Waals surface area contributed by atoms with Gasteiger partial charge in [0.25, 0.3) is 0 Å². The number of methoxy groups -OCH3 is 1. The zero-order valence-corrected chi connectivity index (χ0v) is 7.72. The minimum absolute atomic E-state index is 0.0755. The van der Waals surface area contributed by atoms with Crippen LogP contribution >= 0.6 is 0 Å². The SMILES string of the molecule is CCCCC[C@@H](C)C(=O)OC. The van der Waals surface area contributed by atoms with E-state index in [1.165, 1.54) is 20.0 Å². The second kappa shape index (κ2) is 6.20. The average molecular weight is 158 g/mol. The first-order valence-corrected chi connectivity index (χ1v) is 4.30. The van der Waals surface area contributed by atoms with Crippen molar-refractivity contribution in [1.29, 1.82) is 0 Å². The summed E-state index contributed by atoms with van der Waals surface area (Å²) in [5.74, 6) is -0.00680. The molecule has 0 aromatic rings. The van der Waals surface area contributed by atoms with E-state index in [9.17, 15) is 4.79 Å². The molecule has 1 atom stereocenters. The molecule has 0 aliphatic carbocycles. The Labute approximate surface area is 68.9 Å². The molecule has 0 heterocycles. The molecule has 0 aromatic heterocycles. The van der Waals surface area contributed by atoms with Crippen molar-refractivity contribution in [3.8, 4) is 0 Å². The zero-order valence-electron chi connectivity index (χ0n) is 7.72. The van der Waals surface area contributed by atoms with Crippen LogP contribution in [0.3, 0.4) is 0 Å². The molecule has 0 unspecified atom stereocenters. The highest BCUT2D eigenvalue weighted by atomic mass is 16.5. The van der Waals surface area contributed by atoms with Gasteiger partial charge in [-0.2, -0.15) is 0 Å². The minimum Gasteiger partial charge on any atom is -0.469 e. The molecule has 2 nitrogen and oxygen atoms in total. The van der Waals surface area contributed by atoms with Crippen LogP contribution in [0.4, 0.5) is 0 Å². The summed E-state index contributed by atoms with van der Waals surface area (Å²) in [6, 6.07) is 0. The standard InChI is InChI=1S/C9H18O2/c1-4-5-6-7-8(2)9(10)11-3/h8H,4-7H2,1-3H3/t8-/m1/s1. The molecule has 0 saturated heterocycles. The molecule has 0 fully saturated rings. The van der Waals surface area contributed by atoms with E-state index < -0.39 is 0 Å².